The van der Waals surface area contributed by atoms with Gasteiger partial charge in [0.05, 0.1) is 0 Å². The van der Waals surface area contributed by atoms with Crippen molar-refractivity contribution in [1.82, 2.24) is 4.90 Å². The van der Waals surface area contributed by atoms with E-state index in [1.165, 1.54) is 5.56 Å². The summed E-state index contributed by atoms with van der Waals surface area (Å²) < 4.78 is 0. The summed E-state index contributed by atoms with van der Waals surface area (Å²) in [6.45, 7) is 7.19. The zero-order valence-corrected chi connectivity index (χ0v) is 9.18. The fourth-order valence-electron chi connectivity index (χ4n) is 1.62. The van der Waals surface area contributed by atoms with Gasteiger partial charge in [-0.3, -0.25) is 4.90 Å². The number of rotatable bonds is 5. The molecule has 1 aromatic heterocycles. The highest BCUT2D eigenvalue weighted by atomic mass is 32.1. The minimum Gasteiger partial charge on any atom is -0.329 e. The lowest BCUT2D eigenvalue weighted by atomic mass is 10.1. The highest BCUT2D eigenvalue weighted by molar-refractivity contribution is 7.07. The van der Waals surface area contributed by atoms with E-state index in [0.29, 0.717) is 12.6 Å². The average molecular weight is 198 g/mol. The number of likely N-dealkylation sites (N-methyl/N-ethyl adjacent to an activating group) is 1. The number of nitrogens with zero attached hydrogens (tertiary/aromatic N) is 1. The lowest BCUT2D eigenvalue weighted by molar-refractivity contribution is 0.224. The van der Waals surface area contributed by atoms with Crippen LogP contribution >= 0.6 is 11.3 Å². The fourth-order valence-corrected chi connectivity index (χ4v) is 2.33. The maximum Gasteiger partial charge on any atom is 0.0478 e. The van der Waals surface area contributed by atoms with Crippen LogP contribution in [0.25, 0.3) is 0 Å². The van der Waals surface area contributed by atoms with Gasteiger partial charge in [0.15, 0.2) is 0 Å². The van der Waals surface area contributed by atoms with Gasteiger partial charge in [0.2, 0.25) is 0 Å². The summed E-state index contributed by atoms with van der Waals surface area (Å²) in [5, 5.41) is 4.30. The molecule has 0 aromatic carbocycles. The summed E-state index contributed by atoms with van der Waals surface area (Å²) in [6, 6.07) is 2.57. The topological polar surface area (TPSA) is 29.3 Å². The summed E-state index contributed by atoms with van der Waals surface area (Å²) in [5.74, 6) is 0. The van der Waals surface area contributed by atoms with E-state index in [9.17, 15) is 0 Å². The molecule has 3 heteroatoms. The van der Waals surface area contributed by atoms with Crippen molar-refractivity contribution in [2.75, 3.05) is 19.6 Å². The van der Waals surface area contributed by atoms with Gasteiger partial charge in [-0.15, -0.1) is 0 Å². The van der Waals surface area contributed by atoms with Crippen molar-refractivity contribution in [3.8, 4) is 0 Å². The molecule has 0 saturated carbocycles. The molecule has 0 aliphatic rings. The quantitative estimate of drug-likeness (QED) is 0.785. The molecule has 0 spiro atoms. The Morgan fingerprint density at radius 3 is 2.54 bits per heavy atom. The Bertz CT molecular complexity index is 217. The number of thiophene rings is 1. The van der Waals surface area contributed by atoms with Gasteiger partial charge in [0, 0.05) is 12.6 Å². The largest absolute Gasteiger partial charge is 0.329 e. The van der Waals surface area contributed by atoms with E-state index in [4.69, 9.17) is 5.73 Å². The molecule has 74 valence electrons. The van der Waals surface area contributed by atoms with Crippen LogP contribution in [0.15, 0.2) is 16.8 Å². The van der Waals surface area contributed by atoms with Gasteiger partial charge in [-0.1, -0.05) is 13.8 Å². The molecular weight excluding hydrogens is 180 g/mol. The van der Waals surface area contributed by atoms with E-state index >= 15 is 0 Å². The Kier molecular flexibility index (Phi) is 4.42. The lowest BCUT2D eigenvalue weighted by Crippen LogP contribution is -2.33. The second-order valence-electron chi connectivity index (χ2n) is 3.03. The maximum atomic E-state index is 5.78. The number of hydrogen-bond acceptors (Lipinski definition) is 3. The molecule has 1 aromatic rings. The first-order chi connectivity index (χ1) is 6.33. The summed E-state index contributed by atoms with van der Waals surface area (Å²) in [5.41, 5.74) is 7.14. The predicted molar refractivity (Wildman–Crippen MR) is 59.0 cm³/mol. The molecule has 0 amide bonds. The summed E-state index contributed by atoms with van der Waals surface area (Å²) in [7, 11) is 0. The first kappa shape index (κ1) is 10.7. The molecule has 2 N–H and O–H groups in total. The van der Waals surface area contributed by atoms with Crippen LogP contribution in [0.2, 0.25) is 0 Å². The first-order valence-corrected chi connectivity index (χ1v) is 5.73. The average Bonchev–Trinajstić information content (AvgIpc) is 2.66. The molecular formula is C10H18N2S. The molecule has 2 nitrogen and oxygen atoms in total. The number of hydrogen-bond donors (Lipinski definition) is 1. The van der Waals surface area contributed by atoms with Crippen LogP contribution in [0.4, 0.5) is 0 Å². The van der Waals surface area contributed by atoms with Crippen molar-refractivity contribution in [1.29, 1.82) is 0 Å². The molecule has 0 aliphatic carbocycles. The van der Waals surface area contributed by atoms with Crippen molar-refractivity contribution >= 4 is 11.3 Å². The van der Waals surface area contributed by atoms with Gasteiger partial charge in [-0.25, -0.2) is 0 Å². The van der Waals surface area contributed by atoms with E-state index in [1.807, 2.05) is 0 Å². The standard InChI is InChI=1S/C10H18N2S/c1-3-12(4-2)10(7-11)9-5-6-13-8-9/h5-6,8,10H,3-4,7,11H2,1-2H3/t10-/m0/s1. The highest BCUT2D eigenvalue weighted by Gasteiger charge is 2.15. The van der Waals surface area contributed by atoms with Crippen LogP contribution in [-0.4, -0.2) is 24.5 Å². The first-order valence-electron chi connectivity index (χ1n) is 4.79. The van der Waals surface area contributed by atoms with E-state index < -0.39 is 0 Å². The van der Waals surface area contributed by atoms with Crippen molar-refractivity contribution in [2.45, 2.75) is 19.9 Å². The lowest BCUT2D eigenvalue weighted by Gasteiger charge is -2.27. The van der Waals surface area contributed by atoms with Crippen LogP contribution in [0.5, 0.6) is 0 Å². The van der Waals surface area contributed by atoms with Gasteiger partial charge in [0.1, 0.15) is 0 Å². The second-order valence-corrected chi connectivity index (χ2v) is 3.81. The van der Waals surface area contributed by atoms with Gasteiger partial charge >= 0.3 is 0 Å². The molecule has 1 rings (SSSR count). The van der Waals surface area contributed by atoms with Crippen molar-refractivity contribution in [3.63, 3.8) is 0 Å². The molecule has 1 atom stereocenters. The van der Waals surface area contributed by atoms with Crippen molar-refractivity contribution < 1.29 is 0 Å². The van der Waals surface area contributed by atoms with Crippen LogP contribution in [-0.2, 0) is 0 Å². The van der Waals surface area contributed by atoms with Crippen LogP contribution in [0.1, 0.15) is 25.5 Å². The van der Waals surface area contributed by atoms with Gasteiger partial charge in [-0.05, 0) is 35.5 Å². The third kappa shape index (κ3) is 2.53. The van der Waals surface area contributed by atoms with Crippen molar-refractivity contribution in [3.05, 3.63) is 22.4 Å². The summed E-state index contributed by atoms with van der Waals surface area (Å²) in [4.78, 5) is 2.39. The van der Waals surface area contributed by atoms with E-state index in [-0.39, 0.29) is 0 Å². The molecule has 0 radical (unpaired) electrons. The van der Waals surface area contributed by atoms with Crippen LogP contribution in [0, 0.1) is 0 Å². The molecule has 1 heterocycles. The number of nitrogens with two attached hydrogens (primary N) is 1. The Balaban J connectivity index is 2.72. The summed E-state index contributed by atoms with van der Waals surface area (Å²) in [6.07, 6.45) is 0. The molecule has 0 unspecified atom stereocenters. The van der Waals surface area contributed by atoms with E-state index in [1.54, 1.807) is 11.3 Å². The Hall–Kier alpha value is -0.380. The summed E-state index contributed by atoms with van der Waals surface area (Å²) >= 11 is 1.74. The second kappa shape index (κ2) is 5.37. The van der Waals surface area contributed by atoms with Gasteiger partial charge in [0.25, 0.3) is 0 Å². The smallest absolute Gasteiger partial charge is 0.0478 e. The SMILES string of the molecule is CCN(CC)[C@@H](CN)c1ccsc1. The third-order valence-corrected chi connectivity index (χ3v) is 3.11. The molecule has 0 bridgehead atoms. The Morgan fingerprint density at radius 1 is 1.46 bits per heavy atom. The molecule has 0 fully saturated rings. The molecule has 13 heavy (non-hydrogen) atoms. The molecule has 0 aliphatic heterocycles. The predicted octanol–water partition coefficient (Wildman–Crippen LogP) is 2.09. The normalized spacial score (nSPS) is 13.5. The maximum absolute atomic E-state index is 5.78. The monoisotopic (exact) mass is 198 g/mol. The minimum absolute atomic E-state index is 0.404. The fraction of sp³-hybridized carbons (Fsp3) is 0.600. The highest BCUT2D eigenvalue weighted by Crippen LogP contribution is 2.21. The van der Waals surface area contributed by atoms with E-state index in [2.05, 4.69) is 35.6 Å². The van der Waals surface area contributed by atoms with Gasteiger partial charge < -0.3 is 5.73 Å². The Morgan fingerprint density at radius 2 is 2.15 bits per heavy atom. The van der Waals surface area contributed by atoms with Crippen LogP contribution in [0.3, 0.4) is 0 Å². The van der Waals surface area contributed by atoms with Crippen LogP contribution < -0.4 is 5.73 Å². The Labute approximate surface area is 84.4 Å². The zero-order chi connectivity index (χ0) is 9.68. The third-order valence-electron chi connectivity index (χ3n) is 2.40. The van der Waals surface area contributed by atoms with Gasteiger partial charge in [-0.2, -0.15) is 11.3 Å². The van der Waals surface area contributed by atoms with E-state index in [0.717, 1.165) is 13.1 Å². The molecule has 0 saturated heterocycles. The minimum atomic E-state index is 0.404. The van der Waals surface area contributed by atoms with Crippen molar-refractivity contribution in [2.24, 2.45) is 5.73 Å². The zero-order valence-electron chi connectivity index (χ0n) is 8.36.